The lowest BCUT2D eigenvalue weighted by atomic mass is 9.65. The van der Waals surface area contributed by atoms with Crippen molar-refractivity contribution in [3.63, 3.8) is 0 Å². The van der Waals surface area contributed by atoms with Crippen molar-refractivity contribution < 1.29 is 4.79 Å². The lowest BCUT2D eigenvalue weighted by molar-refractivity contribution is -0.122. The number of aromatic nitrogens is 1. The van der Waals surface area contributed by atoms with Gasteiger partial charge in [0.05, 0.1) is 11.2 Å². The molecule has 1 heterocycles. The maximum atomic E-state index is 12.9. The Morgan fingerprint density at radius 1 is 1.21 bits per heavy atom. The zero-order chi connectivity index (χ0) is 16.7. The van der Waals surface area contributed by atoms with Crippen LogP contribution >= 0.6 is 0 Å². The lowest BCUT2D eigenvalue weighted by Gasteiger charge is -2.43. The Hall–Kier alpha value is -1.94. The van der Waals surface area contributed by atoms with Crippen molar-refractivity contribution in [2.75, 3.05) is 5.32 Å². The summed E-state index contributed by atoms with van der Waals surface area (Å²) in [5.74, 6) is 1.27. The van der Waals surface area contributed by atoms with Crippen molar-refractivity contribution in [2.24, 2.45) is 23.5 Å². The number of aryl methyl sites for hydroxylation is 1. The first kappa shape index (κ1) is 15.6. The molecule has 0 radical (unpaired) electrons. The Bertz CT molecular complexity index is 759. The monoisotopic (exact) mass is 323 g/mol. The highest BCUT2D eigenvalue weighted by molar-refractivity contribution is 6.02. The molecular weight excluding hydrogens is 298 g/mol. The molecule has 0 spiro atoms. The first-order valence-corrected chi connectivity index (χ1v) is 9.04. The minimum Gasteiger partial charge on any atom is -0.327 e. The number of nitrogens with one attached hydrogen (secondary N) is 1. The molecule has 2 aliphatic carbocycles. The Kier molecular flexibility index (Phi) is 4.01. The van der Waals surface area contributed by atoms with Crippen molar-refractivity contribution >= 4 is 22.5 Å². The quantitative estimate of drug-likeness (QED) is 0.886. The van der Waals surface area contributed by atoms with E-state index >= 15 is 0 Å². The van der Waals surface area contributed by atoms with Gasteiger partial charge in [0.2, 0.25) is 5.91 Å². The molecule has 2 aliphatic rings. The van der Waals surface area contributed by atoms with Gasteiger partial charge in [-0.15, -0.1) is 0 Å². The molecule has 2 saturated carbocycles. The second-order valence-corrected chi connectivity index (χ2v) is 7.52. The van der Waals surface area contributed by atoms with Gasteiger partial charge in [-0.05, 0) is 68.2 Å². The van der Waals surface area contributed by atoms with Gasteiger partial charge < -0.3 is 11.1 Å². The number of nitrogens with zero attached hydrogens (tertiary/aromatic N) is 1. The molecule has 2 atom stereocenters. The van der Waals surface area contributed by atoms with Crippen LogP contribution in [0.25, 0.3) is 10.9 Å². The number of hydrogen-bond acceptors (Lipinski definition) is 3. The second-order valence-electron chi connectivity index (χ2n) is 7.52. The minimum atomic E-state index is 0.0909. The van der Waals surface area contributed by atoms with E-state index in [1.807, 2.05) is 31.2 Å². The van der Waals surface area contributed by atoms with Crippen molar-refractivity contribution in [1.29, 1.82) is 0 Å². The van der Waals surface area contributed by atoms with Crippen LogP contribution < -0.4 is 11.1 Å². The van der Waals surface area contributed by atoms with Crippen molar-refractivity contribution in [3.05, 3.63) is 36.0 Å². The summed E-state index contributed by atoms with van der Waals surface area (Å²) < 4.78 is 0. The van der Waals surface area contributed by atoms with E-state index in [4.69, 9.17) is 5.73 Å². The summed E-state index contributed by atoms with van der Waals surface area (Å²) >= 11 is 0. The van der Waals surface area contributed by atoms with Crippen LogP contribution in [0.1, 0.15) is 37.7 Å². The summed E-state index contributed by atoms with van der Waals surface area (Å²) in [4.78, 5) is 17.3. The molecule has 24 heavy (non-hydrogen) atoms. The number of hydrogen-bond donors (Lipinski definition) is 2. The van der Waals surface area contributed by atoms with Crippen molar-refractivity contribution in [3.8, 4) is 0 Å². The average Bonchev–Trinajstić information content (AvgIpc) is 2.57. The number of carbonyl (C=O) groups is 1. The number of rotatable bonds is 2. The third-order valence-corrected chi connectivity index (χ3v) is 6.01. The van der Waals surface area contributed by atoms with Gasteiger partial charge in [-0.3, -0.25) is 9.78 Å². The first-order chi connectivity index (χ1) is 11.6. The molecule has 1 aromatic carbocycles. The summed E-state index contributed by atoms with van der Waals surface area (Å²) in [5, 5.41) is 4.18. The number of anilines is 1. The Balaban J connectivity index is 1.56. The summed E-state index contributed by atoms with van der Waals surface area (Å²) in [7, 11) is 0. The van der Waals surface area contributed by atoms with Gasteiger partial charge in [-0.25, -0.2) is 0 Å². The highest BCUT2D eigenvalue weighted by Gasteiger charge is 2.40. The molecule has 126 valence electrons. The Morgan fingerprint density at radius 2 is 1.96 bits per heavy atom. The Morgan fingerprint density at radius 3 is 2.71 bits per heavy atom. The zero-order valence-electron chi connectivity index (χ0n) is 14.2. The van der Waals surface area contributed by atoms with E-state index in [0.29, 0.717) is 17.9 Å². The third kappa shape index (κ3) is 2.69. The smallest absolute Gasteiger partial charge is 0.227 e. The normalized spacial score (nSPS) is 29.4. The summed E-state index contributed by atoms with van der Waals surface area (Å²) in [6.45, 7) is 2.05. The van der Waals surface area contributed by atoms with Crippen molar-refractivity contribution in [2.45, 2.75) is 45.1 Å². The van der Waals surface area contributed by atoms with Crippen LogP contribution in [0.4, 0.5) is 5.69 Å². The minimum absolute atomic E-state index is 0.0909. The molecule has 4 rings (SSSR count). The molecule has 4 nitrogen and oxygen atoms in total. The van der Waals surface area contributed by atoms with Crippen LogP contribution in [0, 0.1) is 24.7 Å². The topological polar surface area (TPSA) is 68.0 Å². The third-order valence-electron chi connectivity index (χ3n) is 6.01. The predicted molar refractivity (Wildman–Crippen MR) is 96.6 cm³/mol. The van der Waals surface area contributed by atoms with E-state index in [2.05, 4.69) is 10.3 Å². The van der Waals surface area contributed by atoms with Gasteiger partial charge in [0, 0.05) is 23.5 Å². The van der Waals surface area contributed by atoms with E-state index in [9.17, 15) is 4.79 Å². The largest absolute Gasteiger partial charge is 0.327 e. The van der Waals surface area contributed by atoms with Crippen LogP contribution in [0.2, 0.25) is 0 Å². The number of fused-ring (bicyclic) bond motifs is 3. The molecule has 0 saturated heterocycles. The van der Waals surface area contributed by atoms with Gasteiger partial charge in [-0.2, -0.15) is 0 Å². The van der Waals surface area contributed by atoms with Crippen LogP contribution in [0.15, 0.2) is 30.5 Å². The van der Waals surface area contributed by atoms with Crippen molar-refractivity contribution in [1.82, 2.24) is 4.98 Å². The summed E-state index contributed by atoms with van der Waals surface area (Å²) in [5.41, 5.74) is 9.30. The maximum absolute atomic E-state index is 12.9. The van der Waals surface area contributed by atoms with Crippen LogP contribution in [0.5, 0.6) is 0 Å². The van der Waals surface area contributed by atoms with Gasteiger partial charge in [0.1, 0.15) is 0 Å². The molecule has 2 aromatic rings. The zero-order valence-corrected chi connectivity index (χ0v) is 14.2. The van der Waals surface area contributed by atoms with E-state index in [0.717, 1.165) is 35.0 Å². The predicted octanol–water partition coefficient (Wildman–Crippen LogP) is 3.64. The standard InChI is InChI=1S/C20H25N3O/c1-12-7-8-17(16-6-3-9-22-19(12)16)23-20(24)15-10-13-4-2-5-14(11-15)18(13)21/h3,6-9,13-15,18H,2,4-5,10-11,21H2,1H3,(H,23,24). The second kappa shape index (κ2) is 6.17. The molecule has 1 aromatic heterocycles. The van der Waals surface area contributed by atoms with Crippen LogP contribution in [-0.4, -0.2) is 16.9 Å². The average molecular weight is 323 g/mol. The van der Waals surface area contributed by atoms with Gasteiger partial charge in [0.25, 0.3) is 0 Å². The number of carbonyl (C=O) groups excluding carboxylic acids is 1. The number of benzene rings is 1. The van der Waals surface area contributed by atoms with Crippen LogP contribution in [-0.2, 0) is 4.79 Å². The van der Waals surface area contributed by atoms with Gasteiger partial charge in [-0.1, -0.05) is 12.5 Å². The molecule has 2 bridgehead atoms. The fourth-order valence-corrected chi connectivity index (χ4v) is 4.66. The number of amides is 1. The Labute approximate surface area is 142 Å². The van der Waals surface area contributed by atoms with Gasteiger partial charge >= 0.3 is 0 Å². The molecule has 4 heteroatoms. The first-order valence-electron chi connectivity index (χ1n) is 9.04. The highest BCUT2D eigenvalue weighted by atomic mass is 16.1. The molecule has 2 fully saturated rings. The van der Waals surface area contributed by atoms with E-state index in [1.165, 1.54) is 19.3 Å². The SMILES string of the molecule is Cc1ccc(NC(=O)C2CC3CCCC(C2)C3N)c2cccnc12. The van der Waals surface area contributed by atoms with Crippen LogP contribution in [0.3, 0.4) is 0 Å². The molecular formula is C20H25N3O. The fraction of sp³-hybridized carbons (Fsp3) is 0.500. The fourth-order valence-electron chi connectivity index (χ4n) is 4.66. The van der Waals surface area contributed by atoms with E-state index in [-0.39, 0.29) is 11.8 Å². The lowest BCUT2D eigenvalue weighted by Crippen LogP contribution is -2.48. The molecule has 2 unspecified atom stereocenters. The number of pyridine rings is 1. The number of nitrogens with two attached hydrogens (primary N) is 1. The highest BCUT2D eigenvalue weighted by Crippen LogP contribution is 2.42. The molecule has 0 aliphatic heterocycles. The summed E-state index contributed by atoms with van der Waals surface area (Å²) in [6.07, 6.45) is 7.30. The maximum Gasteiger partial charge on any atom is 0.227 e. The molecule has 1 amide bonds. The van der Waals surface area contributed by atoms with E-state index < -0.39 is 0 Å². The molecule has 3 N–H and O–H groups in total. The van der Waals surface area contributed by atoms with Gasteiger partial charge in [0.15, 0.2) is 0 Å². The van der Waals surface area contributed by atoms with E-state index in [1.54, 1.807) is 6.20 Å². The summed E-state index contributed by atoms with van der Waals surface area (Å²) in [6, 6.07) is 8.26.